The molecule has 0 aromatic heterocycles. The third-order valence-corrected chi connectivity index (χ3v) is 7.06. The Morgan fingerprint density at radius 3 is 2.28 bits per heavy atom. The number of hydrogen-bond donors (Lipinski definition) is 2. The van der Waals surface area contributed by atoms with E-state index in [1.165, 1.54) is 10.4 Å². The Hall–Kier alpha value is -1.44. The predicted molar refractivity (Wildman–Crippen MR) is 101 cm³/mol. The van der Waals surface area contributed by atoms with E-state index in [4.69, 9.17) is 5.73 Å². The number of carbonyl (C=O) groups excluding carboxylic acids is 1. The van der Waals surface area contributed by atoms with Gasteiger partial charge >= 0.3 is 0 Å². The number of sulfonamides is 1. The molecule has 0 heterocycles. The second-order valence-electron chi connectivity index (χ2n) is 6.80. The fourth-order valence-electron chi connectivity index (χ4n) is 2.48. The van der Waals surface area contributed by atoms with Gasteiger partial charge in [0, 0.05) is 25.2 Å². The van der Waals surface area contributed by atoms with E-state index >= 15 is 0 Å². The molecule has 0 bridgehead atoms. The Kier molecular flexibility index (Phi) is 7.17. The molecule has 3 N–H and O–H groups in total. The maximum atomic E-state index is 12.8. The molecular weight excluding hydrogens is 338 g/mol. The van der Waals surface area contributed by atoms with Gasteiger partial charge in [0.2, 0.25) is 10.0 Å². The number of nitrogens with one attached hydrogen (secondary N) is 1. The molecular formula is C18H31N3O3S. The molecule has 1 aromatic rings. The molecule has 0 radical (unpaired) electrons. The predicted octanol–water partition coefficient (Wildman–Crippen LogP) is 2.13. The molecule has 0 aliphatic carbocycles. The molecule has 1 amide bonds. The molecule has 1 atom stereocenters. The Labute approximate surface area is 151 Å². The molecule has 0 spiro atoms. The van der Waals surface area contributed by atoms with Crippen LogP contribution in [0.25, 0.3) is 0 Å². The van der Waals surface area contributed by atoms with Crippen LogP contribution in [0.5, 0.6) is 0 Å². The molecule has 0 aliphatic heterocycles. The summed E-state index contributed by atoms with van der Waals surface area (Å²) in [5.74, 6) is -0.177. The molecule has 1 rings (SSSR count). The highest BCUT2D eigenvalue weighted by Crippen LogP contribution is 2.22. The zero-order valence-corrected chi connectivity index (χ0v) is 16.9. The van der Waals surface area contributed by atoms with Gasteiger partial charge in [-0.1, -0.05) is 33.8 Å². The van der Waals surface area contributed by atoms with Gasteiger partial charge in [-0.15, -0.1) is 0 Å². The van der Waals surface area contributed by atoms with Gasteiger partial charge in [-0.3, -0.25) is 4.79 Å². The lowest BCUT2D eigenvalue weighted by atomic mass is 9.88. The van der Waals surface area contributed by atoms with E-state index in [0.717, 1.165) is 0 Å². The maximum absolute atomic E-state index is 12.8. The van der Waals surface area contributed by atoms with Gasteiger partial charge in [0.1, 0.15) is 0 Å². The van der Waals surface area contributed by atoms with Crippen LogP contribution in [-0.4, -0.2) is 43.8 Å². The summed E-state index contributed by atoms with van der Waals surface area (Å²) in [7, 11) is -3.62. The van der Waals surface area contributed by atoms with Gasteiger partial charge in [0.05, 0.1) is 10.4 Å². The molecule has 142 valence electrons. The molecule has 1 unspecified atom stereocenters. The van der Waals surface area contributed by atoms with Crippen molar-refractivity contribution in [1.82, 2.24) is 9.62 Å². The van der Waals surface area contributed by atoms with Gasteiger partial charge in [-0.05, 0) is 37.5 Å². The Morgan fingerprint density at radius 1 is 1.28 bits per heavy atom. The van der Waals surface area contributed by atoms with Crippen molar-refractivity contribution in [3.8, 4) is 0 Å². The van der Waals surface area contributed by atoms with E-state index in [1.54, 1.807) is 32.9 Å². The molecule has 0 fully saturated rings. The van der Waals surface area contributed by atoms with Crippen LogP contribution in [0.4, 0.5) is 0 Å². The minimum Gasteiger partial charge on any atom is -0.345 e. The van der Waals surface area contributed by atoms with Crippen LogP contribution in [-0.2, 0) is 10.0 Å². The number of aryl methyl sites for hydroxylation is 1. The van der Waals surface area contributed by atoms with Crippen molar-refractivity contribution in [3.63, 3.8) is 0 Å². The van der Waals surface area contributed by atoms with Gasteiger partial charge in [0.25, 0.3) is 5.91 Å². The standard InChI is InChI=1S/C18H31N3O3S/c1-7-21(8-2)25(23,24)16-11-15(10-9-14(16)5)17(22)20-18(6,12-19)13(3)4/h9-11,13H,7-8,12,19H2,1-6H3,(H,20,22). The van der Waals surface area contributed by atoms with E-state index in [0.29, 0.717) is 30.8 Å². The highest BCUT2D eigenvalue weighted by atomic mass is 32.2. The van der Waals surface area contributed by atoms with Crippen molar-refractivity contribution in [3.05, 3.63) is 29.3 Å². The molecule has 6 nitrogen and oxygen atoms in total. The highest BCUT2D eigenvalue weighted by molar-refractivity contribution is 7.89. The van der Waals surface area contributed by atoms with Crippen molar-refractivity contribution < 1.29 is 13.2 Å². The first-order valence-corrected chi connectivity index (χ1v) is 10.1. The number of hydrogen-bond acceptors (Lipinski definition) is 4. The van der Waals surface area contributed by atoms with Gasteiger partial charge < -0.3 is 11.1 Å². The molecule has 0 saturated heterocycles. The molecule has 0 saturated carbocycles. The van der Waals surface area contributed by atoms with Crippen LogP contribution in [0.1, 0.15) is 50.5 Å². The summed E-state index contributed by atoms with van der Waals surface area (Å²) in [5.41, 5.74) is 6.20. The molecule has 25 heavy (non-hydrogen) atoms. The monoisotopic (exact) mass is 369 g/mol. The van der Waals surface area contributed by atoms with Gasteiger partial charge in [0.15, 0.2) is 0 Å². The minimum atomic E-state index is -3.62. The van der Waals surface area contributed by atoms with Gasteiger partial charge in [-0.2, -0.15) is 4.31 Å². The first-order valence-electron chi connectivity index (χ1n) is 8.66. The smallest absolute Gasteiger partial charge is 0.251 e. The Morgan fingerprint density at radius 2 is 1.84 bits per heavy atom. The van der Waals surface area contributed by atoms with Crippen molar-refractivity contribution >= 4 is 15.9 Å². The Balaban J connectivity index is 3.28. The summed E-state index contributed by atoms with van der Waals surface area (Å²) in [5, 5.41) is 2.94. The first kappa shape index (κ1) is 21.6. The fourth-order valence-corrected chi connectivity index (χ4v) is 4.19. The van der Waals surface area contributed by atoms with Crippen LogP contribution >= 0.6 is 0 Å². The third kappa shape index (κ3) is 4.59. The van der Waals surface area contributed by atoms with Crippen LogP contribution in [0.3, 0.4) is 0 Å². The lowest BCUT2D eigenvalue weighted by Crippen LogP contribution is -2.55. The summed E-state index contributed by atoms with van der Waals surface area (Å²) in [6.45, 7) is 12.2. The lowest BCUT2D eigenvalue weighted by Gasteiger charge is -2.33. The average Bonchev–Trinajstić information content (AvgIpc) is 2.55. The topological polar surface area (TPSA) is 92.5 Å². The quantitative estimate of drug-likeness (QED) is 0.734. The molecule has 7 heteroatoms. The van der Waals surface area contributed by atoms with Crippen molar-refractivity contribution in [1.29, 1.82) is 0 Å². The molecule has 0 aliphatic rings. The minimum absolute atomic E-state index is 0.144. The average molecular weight is 370 g/mol. The summed E-state index contributed by atoms with van der Waals surface area (Å²) in [6, 6.07) is 4.76. The number of benzene rings is 1. The summed E-state index contributed by atoms with van der Waals surface area (Å²) in [6.07, 6.45) is 0. The zero-order chi connectivity index (χ0) is 19.4. The lowest BCUT2D eigenvalue weighted by molar-refractivity contribution is 0.0883. The normalized spacial score (nSPS) is 14.6. The summed E-state index contributed by atoms with van der Waals surface area (Å²) >= 11 is 0. The number of carbonyl (C=O) groups is 1. The maximum Gasteiger partial charge on any atom is 0.251 e. The largest absolute Gasteiger partial charge is 0.345 e. The SMILES string of the molecule is CCN(CC)S(=O)(=O)c1cc(C(=O)NC(C)(CN)C(C)C)ccc1C. The van der Waals surface area contributed by atoms with Crippen LogP contribution in [0.15, 0.2) is 23.1 Å². The van der Waals surface area contributed by atoms with Gasteiger partial charge in [-0.25, -0.2) is 8.42 Å². The number of rotatable bonds is 8. The van der Waals surface area contributed by atoms with Crippen molar-refractivity contribution in [2.24, 2.45) is 11.7 Å². The zero-order valence-electron chi connectivity index (χ0n) is 16.1. The summed E-state index contributed by atoms with van der Waals surface area (Å²) in [4.78, 5) is 12.8. The van der Waals surface area contributed by atoms with Crippen LogP contribution in [0.2, 0.25) is 0 Å². The second kappa shape index (κ2) is 8.29. The number of nitrogens with two attached hydrogens (primary N) is 1. The first-order chi connectivity index (χ1) is 11.5. The van der Waals surface area contributed by atoms with Crippen LogP contribution < -0.4 is 11.1 Å². The highest BCUT2D eigenvalue weighted by Gasteiger charge is 2.30. The van der Waals surface area contributed by atoms with E-state index in [9.17, 15) is 13.2 Å². The fraction of sp³-hybridized carbons (Fsp3) is 0.611. The van der Waals surface area contributed by atoms with E-state index in [-0.39, 0.29) is 16.7 Å². The van der Waals surface area contributed by atoms with E-state index in [1.807, 2.05) is 20.8 Å². The van der Waals surface area contributed by atoms with E-state index in [2.05, 4.69) is 5.32 Å². The Bertz CT molecular complexity index is 712. The van der Waals surface area contributed by atoms with Crippen LogP contribution in [0, 0.1) is 12.8 Å². The van der Waals surface area contributed by atoms with Crippen molar-refractivity contribution in [2.75, 3.05) is 19.6 Å². The van der Waals surface area contributed by atoms with Crippen molar-refractivity contribution in [2.45, 2.75) is 52.0 Å². The number of nitrogens with zero attached hydrogens (tertiary/aromatic N) is 1. The third-order valence-electron chi connectivity index (χ3n) is 4.87. The van der Waals surface area contributed by atoms with E-state index < -0.39 is 15.6 Å². The second-order valence-corrected chi connectivity index (χ2v) is 8.71. The summed E-state index contributed by atoms with van der Waals surface area (Å²) < 4.78 is 27.0. The molecule has 1 aromatic carbocycles. The number of amides is 1.